The lowest BCUT2D eigenvalue weighted by molar-refractivity contribution is 0.0986. The Morgan fingerprint density at radius 1 is 1.27 bits per heavy atom. The molecular weight excluding hydrogens is 353 g/mol. The molecule has 0 fully saturated rings. The smallest absolute Gasteiger partial charge is 0.280 e. The maximum absolute atomic E-state index is 14.5. The van der Waals surface area contributed by atoms with Gasteiger partial charge in [0.05, 0.1) is 0 Å². The highest BCUT2D eigenvalue weighted by Crippen LogP contribution is 2.30. The van der Waals surface area contributed by atoms with E-state index >= 15 is 0 Å². The second kappa shape index (κ2) is 6.28. The first kappa shape index (κ1) is 16.8. The minimum atomic E-state index is -0.339. The Kier molecular flexibility index (Phi) is 4.07. The molecule has 1 aliphatic rings. The lowest BCUT2D eigenvalue weighted by atomic mass is 10.2. The van der Waals surface area contributed by atoms with Crippen molar-refractivity contribution < 1.29 is 9.18 Å². The first-order valence-corrected chi connectivity index (χ1v) is 9.23. The third-order valence-electron chi connectivity index (χ3n) is 4.57. The van der Waals surface area contributed by atoms with Crippen LogP contribution in [0.4, 0.5) is 9.52 Å². The summed E-state index contributed by atoms with van der Waals surface area (Å²) >= 11 is 1.35. The summed E-state index contributed by atoms with van der Waals surface area (Å²) in [6.45, 7) is 3.68. The summed E-state index contributed by atoms with van der Waals surface area (Å²) in [5.74, 6) is -0.583. The van der Waals surface area contributed by atoms with Gasteiger partial charge < -0.3 is 0 Å². The number of fused-ring (bicyclic) bond motifs is 1. The number of carbonyl (C=O) groups excluding carboxylic acids is 1. The van der Waals surface area contributed by atoms with Crippen molar-refractivity contribution in [1.29, 1.82) is 0 Å². The van der Waals surface area contributed by atoms with Crippen LogP contribution in [0.3, 0.4) is 0 Å². The Morgan fingerprint density at radius 2 is 2.08 bits per heavy atom. The molecule has 0 radical (unpaired) electrons. The number of nitrogens with zero attached hydrogens (tertiary/aromatic N) is 5. The van der Waals surface area contributed by atoms with Crippen LogP contribution in [0.2, 0.25) is 0 Å². The van der Waals surface area contributed by atoms with Gasteiger partial charge in [0.1, 0.15) is 16.5 Å². The van der Waals surface area contributed by atoms with Crippen molar-refractivity contribution in [2.75, 3.05) is 11.9 Å². The molecule has 134 valence electrons. The van der Waals surface area contributed by atoms with Crippen molar-refractivity contribution in [2.45, 2.75) is 33.1 Å². The second-order valence-electron chi connectivity index (χ2n) is 6.46. The van der Waals surface area contributed by atoms with E-state index in [4.69, 9.17) is 0 Å². The molecule has 1 amide bonds. The molecule has 2 heterocycles. The topological polar surface area (TPSA) is 63.9 Å². The Hall–Kier alpha value is -2.61. The number of carbonyl (C=O) groups is 1. The summed E-state index contributed by atoms with van der Waals surface area (Å²) in [5, 5.41) is 13.8. The highest BCUT2D eigenvalue weighted by atomic mass is 32.1. The summed E-state index contributed by atoms with van der Waals surface area (Å²) in [6.07, 6.45) is 2.49. The van der Waals surface area contributed by atoms with Crippen LogP contribution in [-0.2, 0) is 12.8 Å². The van der Waals surface area contributed by atoms with Crippen molar-refractivity contribution in [3.63, 3.8) is 0 Å². The van der Waals surface area contributed by atoms with E-state index < -0.39 is 0 Å². The maximum atomic E-state index is 14.5. The number of aromatic nitrogens is 4. The molecule has 0 aliphatic heterocycles. The van der Waals surface area contributed by atoms with Gasteiger partial charge in [0.25, 0.3) is 5.91 Å². The number of aryl methyl sites for hydroxylation is 2. The van der Waals surface area contributed by atoms with E-state index in [0.717, 1.165) is 41.1 Å². The molecule has 0 atom stereocenters. The number of amides is 1. The summed E-state index contributed by atoms with van der Waals surface area (Å²) in [7, 11) is 1.66. The minimum absolute atomic E-state index is 0.245. The monoisotopic (exact) mass is 371 g/mol. The van der Waals surface area contributed by atoms with E-state index in [2.05, 4.69) is 15.3 Å². The number of hydrogen-bond acceptors (Lipinski definition) is 5. The fourth-order valence-electron chi connectivity index (χ4n) is 3.26. The van der Waals surface area contributed by atoms with E-state index in [-0.39, 0.29) is 11.7 Å². The van der Waals surface area contributed by atoms with Crippen LogP contribution in [0.15, 0.2) is 18.2 Å². The van der Waals surface area contributed by atoms with E-state index in [0.29, 0.717) is 16.5 Å². The first-order chi connectivity index (χ1) is 12.5. The summed E-state index contributed by atoms with van der Waals surface area (Å²) in [5.41, 5.74) is 3.41. The molecule has 0 unspecified atom stereocenters. The molecule has 1 aliphatic carbocycles. The van der Waals surface area contributed by atoms with Gasteiger partial charge in [-0.25, -0.2) is 9.07 Å². The van der Waals surface area contributed by atoms with Gasteiger partial charge in [0.15, 0.2) is 5.69 Å². The zero-order valence-corrected chi connectivity index (χ0v) is 15.6. The quantitative estimate of drug-likeness (QED) is 0.709. The second-order valence-corrected chi connectivity index (χ2v) is 7.62. The molecule has 0 saturated heterocycles. The SMILES string of the molecule is Cc1ccc(-n2nc(C(=O)N(C)c3nnc(C)s3)c3c2CCC3)c(F)c1. The normalized spacial score (nSPS) is 13.1. The van der Waals surface area contributed by atoms with Crippen LogP contribution in [-0.4, -0.2) is 32.9 Å². The Balaban J connectivity index is 1.77. The van der Waals surface area contributed by atoms with Crippen LogP contribution >= 0.6 is 11.3 Å². The molecule has 0 bridgehead atoms. The lowest BCUT2D eigenvalue weighted by Crippen LogP contribution is -2.27. The average molecular weight is 371 g/mol. The molecule has 0 N–H and O–H groups in total. The highest BCUT2D eigenvalue weighted by molar-refractivity contribution is 7.15. The Labute approximate surface area is 154 Å². The number of rotatable bonds is 3. The van der Waals surface area contributed by atoms with E-state index in [1.54, 1.807) is 17.8 Å². The number of hydrogen-bond donors (Lipinski definition) is 0. The summed E-state index contributed by atoms with van der Waals surface area (Å²) in [4.78, 5) is 14.5. The van der Waals surface area contributed by atoms with E-state index in [1.807, 2.05) is 19.9 Å². The highest BCUT2D eigenvalue weighted by Gasteiger charge is 2.30. The molecular formula is C18H18FN5OS. The van der Waals surface area contributed by atoms with E-state index in [1.165, 1.54) is 22.3 Å². The molecule has 0 spiro atoms. The van der Waals surface area contributed by atoms with Gasteiger partial charge in [0.2, 0.25) is 5.13 Å². The zero-order chi connectivity index (χ0) is 18.4. The fourth-order valence-corrected chi connectivity index (χ4v) is 3.91. The van der Waals surface area contributed by atoms with Gasteiger partial charge in [-0.05, 0) is 50.8 Å². The summed E-state index contributed by atoms with van der Waals surface area (Å²) in [6, 6.07) is 5.04. The largest absolute Gasteiger partial charge is 0.284 e. The van der Waals surface area contributed by atoms with Gasteiger partial charge in [-0.15, -0.1) is 10.2 Å². The fraction of sp³-hybridized carbons (Fsp3) is 0.333. The molecule has 8 heteroatoms. The van der Waals surface area contributed by atoms with Crippen molar-refractivity contribution in [3.8, 4) is 5.69 Å². The number of benzene rings is 1. The van der Waals surface area contributed by atoms with Gasteiger partial charge in [-0.3, -0.25) is 9.69 Å². The number of anilines is 1. The zero-order valence-electron chi connectivity index (χ0n) is 14.8. The Bertz CT molecular complexity index is 1010. The predicted molar refractivity (Wildman–Crippen MR) is 97.7 cm³/mol. The molecule has 6 nitrogen and oxygen atoms in total. The first-order valence-electron chi connectivity index (χ1n) is 8.41. The standard InChI is InChI=1S/C18H18FN5OS/c1-10-7-8-15(13(19)9-10)24-14-6-4-5-12(14)16(22-24)17(25)23(3)18-21-20-11(2)26-18/h7-9H,4-6H2,1-3H3. The van der Waals surface area contributed by atoms with Crippen LogP contribution in [0, 0.1) is 19.7 Å². The van der Waals surface area contributed by atoms with Crippen LogP contribution < -0.4 is 4.90 Å². The van der Waals surface area contributed by atoms with Gasteiger partial charge in [0, 0.05) is 18.3 Å². The van der Waals surface area contributed by atoms with Crippen molar-refractivity contribution in [3.05, 3.63) is 51.5 Å². The van der Waals surface area contributed by atoms with Crippen molar-refractivity contribution in [1.82, 2.24) is 20.0 Å². The molecule has 4 rings (SSSR count). The molecule has 3 aromatic rings. The predicted octanol–water partition coefficient (Wildman–Crippen LogP) is 3.25. The number of halogens is 1. The van der Waals surface area contributed by atoms with Crippen molar-refractivity contribution in [2.24, 2.45) is 0 Å². The third kappa shape index (κ3) is 2.70. The maximum Gasteiger partial charge on any atom is 0.280 e. The lowest BCUT2D eigenvalue weighted by Gasteiger charge is -2.12. The average Bonchev–Trinajstić information content (AvgIpc) is 3.30. The molecule has 2 aromatic heterocycles. The van der Waals surface area contributed by atoms with E-state index in [9.17, 15) is 9.18 Å². The van der Waals surface area contributed by atoms with Gasteiger partial charge in [-0.2, -0.15) is 5.10 Å². The minimum Gasteiger partial charge on any atom is -0.284 e. The molecule has 0 saturated carbocycles. The Morgan fingerprint density at radius 3 is 2.77 bits per heavy atom. The molecule has 1 aromatic carbocycles. The van der Waals surface area contributed by atoms with Crippen LogP contribution in [0.5, 0.6) is 0 Å². The van der Waals surface area contributed by atoms with Gasteiger partial charge in [-0.1, -0.05) is 17.4 Å². The van der Waals surface area contributed by atoms with Gasteiger partial charge >= 0.3 is 0 Å². The van der Waals surface area contributed by atoms with Crippen molar-refractivity contribution >= 4 is 22.4 Å². The van der Waals surface area contributed by atoms with Crippen LogP contribution in [0.25, 0.3) is 5.69 Å². The summed E-state index contributed by atoms with van der Waals surface area (Å²) < 4.78 is 16.1. The van der Waals surface area contributed by atoms with Crippen LogP contribution in [0.1, 0.15) is 38.7 Å². The molecule has 26 heavy (non-hydrogen) atoms. The third-order valence-corrected chi connectivity index (χ3v) is 5.49.